The highest BCUT2D eigenvalue weighted by atomic mass is 16.1. The third-order valence-corrected chi connectivity index (χ3v) is 3.10. The molecule has 0 saturated heterocycles. The molecule has 3 aromatic rings. The van der Waals surface area contributed by atoms with Crippen LogP contribution < -0.4 is 10.6 Å². The van der Waals surface area contributed by atoms with Gasteiger partial charge in [0.1, 0.15) is 0 Å². The molecule has 21 heavy (non-hydrogen) atoms. The highest BCUT2D eigenvalue weighted by molar-refractivity contribution is 5.95. The van der Waals surface area contributed by atoms with Gasteiger partial charge in [0.15, 0.2) is 0 Å². The molecule has 2 N–H and O–H groups in total. The maximum absolute atomic E-state index is 11.9. The number of para-hydroxylation sites is 2. The minimum atomic E-state index is -0.101. The van der Waals surface area contributed by atoms with Crippen LogP contribution in [0.4, 0.5) is 11.4 Å². The molecule has 0 bridgehead atoms. The molecule has 2 aromatic carbocycles. The van der Waals surface area contributed by atoms with Gasteiger partial charge in [-0.15, -0.1) is 0 Å². The van der Waals surface area contributed by atoms with Gasteiger partial charge in [-0.05, 0) is 24.3 Å². The maximum atomic E-state index is 11.9. The molecule has 104 valence electrons. The number of rotatable bonds is 4. The molecule has 1 amide bonds. The Balaban J connectivity index is 1.63. The molecule has 4 nitrogen and oxygen atoms in total. The Hall–Kier alpha value is -2.88. The number of pyridine rings is 1. The summed E-state index contributed by atoms with van der Waals surface area (Å²) in [7, 11) is 0. The summed E-state index contributed by atoms with van der Waals surface area (Å²) in [6.45, 7) is 0.219. The predicted octanol–water partition coefficient (Wildman–Crippen LogP) is 3.29. The second kappa shape index (κ2) is 6.05. The number of hydrogen-bond acceptors (Lipinski definition) is 3. The number of nitrogens with zero attached hydrogens (tertiary/aromatic N) is 1. The third kappa shape index (κ3) is 3.36. The number of hydrogen-bond donors (Lipinski definition) is 2. The van der Waals surface area contributed by atoms with Crippen molar-refractivity contribution >= 4 is 28.2 Å². The third-order valence-electron chi connectivity index (χ3n) is 3.10. The van der Waals surface area contributed by atoms with E-state index in [2.05, 4.69) is 15.6 Å². The van der Waals surface area contributed by atoms with E-state index in [0.29, 0.717) is 5.69 Å². The molecule has 0 aliphatic rings. The molecule has 0 fully saturated rings. The summed E-state index contributed by atoms with van der Waals surface area (Å²) in [4.78, 5) is 16.2. The van der Waals surface area contributed by atoms with Crippen molar-refractivity contribution in [1.82, 2.24) is 4.98 Å². The second-order valence-corrected chi connectivity index (χ2v) is 4.68. The molecule has 1 aromatic heterocycles. The molecule has 0 aliphatic heterocycles. The second-order valence-electron chi connectivity index (χ2n) is 4.68. The van der Waals surface area contributed by atoms with Crippen LogP contribution in [0.3, 0.4) is 0 Å². The van der Waals surface area contributed by atoms with Gasteiger partial charge in [0.2, 0.25) is 5.91 Å². The topological polar surface area (TPSA) is 54.0 Å². The van der Waals surface area contributed by atoms with Gasteiger partial charge in [0.25, 0.3) is 0 Å². The van der Waals surface area contributed by atoms with Crippen molar-refractivity contribution in [3.05, 3.63) is 66.9 Å². The summed E-state index contributed by atoms with van der Waals surface area (Å²) >= 11 is 0. The van der Waals surface area contributed by atoms with Gasteiger partial charge in [0, 0.05) is 11.1 Å². The number of nitrogens with one attached hydrogen (secondary N) is 2. The number of fused-ring (bicyclic) bond motifs is 1. The quantitative estimate of drug-likeness (QED) is 0.769. The minimum absolute atomic E-state index is 0.101. The molecule has 0 unspecified atom stereocenters. The zero-order valence-electron chi connectivity index (χ0n) is 11.4. The fourth-order valence-electron chi connectivity index (χ4n) is 2.08. The first-order chi connectivity index (χ1) is 10.3. The van der Waals surface area contributed by atoms with E-state index in [4.69, 9.17) is 0 Å². The van der Waals surface area contributed by atoms with Crippen molar-refractivity contribution in [2.75, 3.05) is 17.2 Å². The number of anilines is 2. The number of aromatic nitrogens is 1. The minimum Gasteiger partial charge on any atom is -0.376 e. The molecule has 0 spiro atoms. The Morgan fingerprint density at radius 1 is 0.952 bits per heavy atom. The number of benzene rings is 2. The lowest BCUT2D eigenvalue weighted by Crippen LogP contribution is -2.21. The van der Waals surface area contributed by atoms with Crippen LogP contribution in [0, 0.1) is 0 Å². The fraction of sp³-hybridized carbons (Fsp3) is 0.0588. The van der Waals surface area contributed by atoms with E-state index in [1.54, 1.807) is 6.20 Å². The lowest BCUT2D eigenvalue weighted by Gasteiger charge is -2.08. The SMILES string of the molecule is O=C(CNc1ccccc1)Nc1cnc2ccccc2c1. The van der Waals surface area contributed by atoms with E-state index >= 15 is 0 Å². The van der Waals surface area contributed by atoms with Gasteiger partial charge < -0.3 is 10.6 Å². The van der Waals surface area contributed by atoms with Crippen molar-refractivity contribution in [3.63, 3.8) is 0 Å². The molecule has 1 heterocycles. The summed E-state index contributed by atoms with van der Waals surface area (Å²) in [5.41, 5.74) is 2.54. The maximum Gasteiger partial charge on any atom is 0.243 e. The molecular weight excluding hydrogens is 262 g/mol. The van der Waals surface area contributed by atoms with Gasteiger partial charge in [-0.25, -0.2) is 0 Å². The van der Waals surface area contributed by atoms with Crippen LogP contribution in [0.15, 0.2) is 66.9 Å². The van der Waals surface area contributed by atoms with E-state index in [-0.39, 0.29) is 12.5 Å². The molecule has 0 saturated carbocycles. The molecule has 3 rings (SSSR count). The van der Waals surface area contributed by atoms with Crippen molar-refractivity contribution in [2.45, 2.75) is 0 Å². The van der Waals surface area contributed by atoms with E-state index in [9.17, 15) is 4.79 Å². The van der Waals surface area contributed by atoms with Gasteiger partial charge >= 0.3 is 0 Å². The Bertz CT molecular complexity index is 756. The smallest absolute Gasteiger partial charge is 0.243 e. The van der Waals surface area contributed by atoms with E-state index in [1.807, 2.05) is 60.7 Å². The average molecular weight is 277 g/mol. The molecule has 0 radical (unpaired) electrons. The first-order valence-corrected chi connectivity index (χ1v) is 6.75. The van der Waals surface area contributed by atoms with Crippen LogP contribution in [-0.2, 0) is 4.79 Å². The van der Waals surface area contributed by atoms with Crippen LogP contribution in [0.25, 0.3) is 10.9 Å². The van der Waals surface area contributed by atoms with Crippen molar-refractivity contribution < 1.29 is 4.79 Å². The monoisotopic (exact) mass is 277 g/mol. The van der Waals surface area contributed by atoms with Crippen molar-refractivity contribution in [2.24, 2.45) is 0 Å². The first-order valence-electron chi connectivity index (χ1n) is 6.75. The Morgan fingerprint density at radius 2 is 1.71 bits per heavy atom. The first kappa shape index (κ1) is 13.1. The summed E-state index contributed by atoms with van der Waals surface area (Å²) in [5.74, 6) is -0.101. The number of amides is 1. The molecule has 0 aliphatic carbocycles. The van der Waals surface area contributed by atoms with Crippen LogP contribution in [0.2, 0.25) is 0 Å². The van der Waals surface area contributed by atoms with Crippen LogP contribution in [0.1, 0.15) is 0 Å². The highest BCUT2D eigenvalue weighted by Gasteiger charge is 2.03. The summed E-state index contributed by atoms with van der Waals surface area (Å²) in [6.07, 6.45) is 1.67. The van der Waals surface area contributed by atoms with Gasteiger partial charge in [0.05, 0.1) is 23.9 Å². The Morgan fingerprint density at radius 3 is 2.57 bits per heavy atom. The van der Waals surface area contributed by atoms with Gasteiger partial charge in [-0.2, -0.15) is 0 Å². The standard InChI is InChI=1S/C17H15N3O/c21-17(12-18-14-7-2-1-3-8-14)20-15-10-13-6-4-5-9-16(13)19-11-15/h1-11,18H,12H2,(H,20,21). The Kier molecular flexibility index (Phi) is 3.78. The zero-order chi connectivity index (χ0) is 14.5. The molecule has 0 atom stereocenters. The average Bonchev–Trinajstić information content (AvgIpc) is 2.54. The van der Waals surface area contributed by atoms with E-state index < -0.39 is 0 Å². The van der Waals surface area contributed by atoms with Crippen LogP contribution >= 0.6 is 0 Å². The Labute approximate surface area is 122 Å². The normalized spacial score (nSPS) is 10.3. The lowest BCUT2D eigenvalue weighted by molar-refractivity contribution is -0.114. The molecular formula is C17H15N3O. The number of carbonyl (C=O) groups excluding carboxylic acids is 1. The van der Waals surface area contributed by atoms with E-state index in [0.717, 1.165) is 16.6 Å². The summed E-state index contributed by atoms with van der Waals surface area (Å²) in [5, 5.41) is 6.92. The van der Waals surface area contributed by atoms with Gasteiger partial charge in [-0.3, -0.25) is 9.78 Å². The predicted molar refractivity (Wildman–Crippen MR) is 85.3 cm³/mol. The highest BCUT2D eigenvalue weighted by Crippen LogP contribution is 2.15. The van der Waals surface area contributed by atoms with E-state index in [1.165, 1.54) is 0 Å². The summed E-state index contributed by atoms with van der Waals surface area (Å²) < 4.78 is 0. The summed E-state index contributed by atoms with van der Waals surface area (Å²) in [6, 6.07) is 19.4. The fourth-order valence-corrected chi connectivity index (χ4v) is 2.08. The van der Waals surface area contributed by atoms with Crippen molar-refractivity contribution in [1.29, 1.82) is 0 Å². The number of carbonyl (C=O) groups is 1. The van der Waals surface area contributed by atoms with Crippen molar-refractivity contribution in [3.8, 4) is 0 Å². The van der Waals surface area contributed by atoms with Gasteiger partial charge in [-0.1, -0.05) is 36.4 Å². The lowest BCUT2D eigenvalue weighted by atomic mass is 10.2. The van der Waals surface area contributed by atoms with Crippen LogP contribution in [-0.4, -0.2) is 17.4 Å². The largest absolute Gasteiger partial charge is 0.376 e. The van der Waals surface area contributed by atoms with Crippen LogP contribution in [0.5, 0.6) is 0 Å². The molecule has 4 heteroatoms. The zero-order valence-corrected chi connectivity index (χ0v) is 11.4.